The molecule has 9 amide bonds. The summed E-state index contributed by atoms with van der Waals surface area (Å²) in [6, 6.07) is 0. The molecular formula is C31H66F23N9O9. The molecule has 450 valence electrons. The summed E-state index contributed by atoms with van der Waals surface area (Å²) in [6.07, 6.45) is 4.64. The lowest BCUT2D eigenvalue weighted by Crippen LogP contribution is -2.27. The molecule has 0 aromatic heterocycles. The largest absolute Gasteiger partial charge is 0.372 e. The number of primary amides is 9. The first-order valence-electron chi connectivity index (χ1n) is 16.2. The maximum atomic E-state index is 10.2. The Labute approximate surface area is 397 Å². The predicted molar refractivity (Wildman–Crippen MR) is 218 cm³/mol. The van der Waals surface area contributed by atoms with Gasteiger partial charge < -0.3 is 51.6 Å². The molecule has 1 rings (SSSR count). The van der Waals surface area contributed by atoms with Crippen LogP contribution in [0, 0.1) is 23.2 Å². The standard InChI is InChI=1S/2C5H11NO.C4H7NO.C4H9NO.C4H7NO.C3H7NO.C3H5NO.C2H5NO.CH3NO.11F2.FH/c1-5(2,3)4(6)7;1-3-4(2)5(6)7;5-4(6)3-1-2-3;2*1-3(2)4(5)6;2*1-2-3(4)5;1-2(3)4;2-1-3;11*1-2;/h1-3H3,(H2,6,7);4H,3H2,1-2H3,(H2,6,7);3H,1-2H2,(H2,5,6);3H,1-2H3,(H2,5,6);1H2,2H3,(H2,5,6);2H2,1H3,(H2,4,5);2H,1H2,(H2,4,5);1H3,(H2,3,4);1H,(H2,2,3);;;;;;;;;;;;1H. The number of amides is 9. The first-order valence-corrected chi connectivity index (χ1v) is 16.2. The van der Waals surface area contributed by atoms with Crippen LogP contribution < -0.4 is 51.6 Å². The Balaban J connectivity index is -0.0000000224. The second kappa shape index (κ2) is 151. The van der Waals surface area contributed by atoms with Gasteiger partial charge in [-0.15, -0.1) is 0 Å². The number of carbonyl (C=O) groups is 9. The lowest BCUT2D eigenvalue weighted by atomic mass is 9.96. The zero-order valence-corrected chi connectivity index (χ0v) is 39.7. The maximum Gasteiger partial charge on any atom is 0.243 e. The number of hydrogen-bond acceptors (Lipinski definition) is 9. The molecule has 41 heteroatoms. The Morgan fingerprint density at radius 3 is 0.722 bits per heavy atom. The Hall–Kier alpha value is -6.90. The third kappa shape index (κ3) is 419. The predicted octanol–water partition coefficient (Wildman–Crippen LogP) is 8.62. The van der Waals surface area contributed by atoms with Gasteiger partial charge in [0, 0.05) is 143 Å². The topological polar surface area (TPSA) is 388 Å². The number of hydrogen-bond donors (Lipinski definition) is 9. The normalized spacial score (nSPS) is 7.90. The minimum atomic E-state index is -0.481. The van der Waals surface area contributed by atoms with Crippen LogP contribution in [0.3, 0.4) is 0 Å². The van der Waals surface area contributed by atoms with Crippen molar-refractivity contribution < 1.29 is 148 Å². The molecule has 0 bridgehead atoms. The van der Waals surface area contributed by atoms with E-state index in [1.165, 1.54) is 6.92 Å². The van der Waals surface area contributed by atoms with Crippen LogP contribution in [0.4, 0.5) is 105 Å². The summed E-state index contributed by atoms with van der Waals surface area (Å²) in [5, 5.41) is 0. The van der Waals surface area contributed by atoms with E-state index in [-0.39, 0.29) is 69.7 Å². The van der Waals surface area contributed by atoms with Crippen LogP contribution in [0.1, 0.15) is 94.9 Å². The molecule has 0 aliphatic heterocycles. The van der Waals surface area contributed by atoms with E-state index in [0.717, 1.165) is 25.3 Å². The minimum Gasteiger partial charge on any atom is -0.372 e. The fourth-order valence-electron chi connectivity index (χ4n) is 0.569. The second-order valence-corrected chi connectivity index (χ2v) is 10.9. The Kier molecular flexibility index (Phi) is 276. The summed E-state index contributed by atoms with van der Waals surface area (Å²) in [7, 11) is 0. The Morgan fingerprint density at radius 2 is 0.722 bits per heavy atom. The van der Waals surface area contributed by atoms with E-state index in [0.29, 0.717) is 12.0 Å². The second-order valence-electron chi connectivity index (χ2n) is 10.9. The molecule has 1 atom stereocenters. The molecule has 1 unspecified atom stereocenters. The van der Waals surface area contributed by atoms with Gasteiger partial charge >= 0.3 is 0 Å². The van der Waals surface area contributed by atoms with Gasteiger partial charge in [-0.1, -0.05) is 68.5 Å². The molecule has 18 N–H and O–H groups in total. The van der Waals surface area contributed by atoms with Crippen LogP contribution in [0.2, 0.25) is 0 Å². The number of carbonyl (C=O) groups excluding carboxylic acids is 9. The monoisotopic (exact) mass is 1150 g/mol. The smallest absolute Gasteiger partial charge is 0.243 e. The number of rotatable bonds is 7. The molecule has 1 aliphatic rings. The van der Waals surface area contributed by atoms with E-state index in [1.807, 2.05) is 13.8 Å². The van der Waals surface area contributed by atoms with E-state index in [1.54, 1.807) is 48.5 Å². The van der Waals surface area contributed by atoms with Gasteiger partial charge in [-0.05, 0) is 32.3 Å². The Morgan fingerprint density at radius 1 is 0.569 bits per heavy atom. The highest BCUT2D eigenvalue weighted by Gasteiger charge is 2.26. The van der Waals surface area contributed by atoms with Gasteiger partial charge in [0.05, 0.1) is 0 Å². The molecule has 72 heavy (non-hydrogen) atoms. The van der Waals surface area contributed by atoms with Gasteiger partial charge in [0.2, 0.25) is 53.7 Å². The Bertz CT molecular complexity index is 1040. The fourth-order valence-corrected chi connectivity index (χ4v) is 0.569. The van der Waals surface area contributed by atoms with E-state index >= 15 is 0 Å². The number of halogens is 23. The number of nitrogens with two attached hydrogens (primary N) is 9. The van der Waals surface area contributed by atoms with Crippen LogP contribution in [0.15, 0.2) is 24.8 Å². The third-order valence-electron chi connectivity index (χ3n) is 4.36. The van der Waals surface area contributed by atoms with Gasteiger partial charge in [-0.3, -0.25) is 47.9 Å². The molecule has 1 saturated carbocycles. The van der Waals surface area contributed by atoms with Gasteiger partial charge in [-0.2, -0.15) is 0 Å². The average Bonchev–Trinajstić information content (AvgIpc) is 4.23. The van der Waals surface area contributed by atoms with Gasteiger partial charge in [0.1, 0.15) is 0 Å². The average molecular weight is 1150 g/mol. The third-order valence-corrected chi connectivity index (χ3v) is 4.36. The summed E-state index contributed by atoms with van der Waals surface area (Å²) >= 11 is 0. The van der Waals surface area contributed by atoms with Crippen molar-refractivity contribution in [2.24, 2.45) is 74.8 Å². The maximum absolute atomic E-state index is 10.2. The summed E-state index contributed by atoms with van der Waals surface area (Å²) in [5.74, 6) is -2.06. The van der Waals surface area contributed by atoms with Gasteiger partial charge in [-0.25, -0.2) is 0 Å². The van der Waals surface area contributed by atoms with Crippen LogP contribution in [0.5, 0.6) is 0 Å². The van der Waals surface area contributed by atoms with Crippen molar-refractivity contribution in [3.63, 3.8) is 0 Å². The lowest BCUT2D eigenvalue weighted by molar-refractivity contribution is -0.125. The highest BCUT2D eigenvalue weighted by Crippen LogP contribution is 2.27. The van der Waals surface area contributed by atoms with Gasteiger partial charge in [0.15, 0.2) is 0 Å². The van der Waals surface area contributed by atoms with Crippen LogP contribution in [-0.4, -0.2) is 53.7 Å². The summed E-state index contributed by atoms with van der Waals surface area (Å²) in [6.45, 7) is 23.6. The van der Waals surface area contributed by atoms with E-state index in [4.69, 9.17) is 134 Å². The zero-order valence-electron chi connectivity index (χ0n) is 39.7. The van der Waals surface area contributed by atoms with Gasteiger partial charge in [0.25, 0.3) is 0 Å². The first kappa shape index (κ1) is 132. The summed E-state index contributed by atoms with van der Waals surface area (Å²) < 4.78 is 176. The lowest BCUT2D eigenvalue weighted by Gasteiger charge is -2.10. The molecule has 0 radical (unpaired) electrons. The van der Waals surface area contributed by atoms with Crippen molar-refractivity contribution in [3.8, 4) is 0 Å². The first-order chi connectivity index (χ1) is 32.9. The SMILES string of the molecule is C=C(C)C(N)=O.C=CC(N)=O.CC(C)(C)C(N)=O.CC(C)C(N)=O.CC(N)=O.CCC(C)C(N)=O.CCC(N)=O.F.FF.FF.FF.FF.FF.FF.FF.FF.FF.FF.FF.NC(=O)C1CC1.NC=O. The summed E-state index contributed by atoms with van der Waals surface area (Å²) in [4.78, 5) is 87.0. The van der Waals surface area contributed by atoms with Crippen molar-refractivity contribution in [2.75, 3.05) is 0 Å². The van der Waals surface area contributed by atoms with Crippen molar-refractivity contribution >= 4 is 53.7 Å². The molecule has 1 fully saturated rings. The van der Waals surface area contributed by atoms with Crippen molar-refractivity contribution in [3.05, 3.63) is 24.8 Å². The van der Waals surface area contributed by atoms with Crippen molar-refractivity contribution in [1.82, 2.24) is 0 Å². The molecule has 18 nitrogen and oxygen atoms in total. The molecular weight excluding hydrogens is 1080 g/mol. The molecule has 0 aromatic carbocycles. The van der Waals surface area contributed by atoms with Crippen molar-refractivity contribution in [2.45, 2.75) is 94.9 Å². The highest BCUT2D eigenvalue weighted by atomic mass is 20.0. The van der Waals surface area contributed by atoms with Crippen molar-refractivity contribution in [1.29, 1.82) is 0 Å². The molecule has 0 heterocycles. The minimum absolute atomic E-state index is 0. The molecule has 1 aliphatic carbocycles. The molecule has 0 saturated heterocycles. The van der Waals surface area contributed by atoms with E-state index < -0.39 is 11.8 Å². The molecule has 0 spiro atoms. The zero-order chi connectivity index (χ0) is 63.7. The molecule has 0 aromatic rings. The quantitative estimate of drug-likeness (QED) is 0.0668. The highest BCUT2D eigenvalue weighted by molar-refractivity contribution is 5.90. The van der Waals surface area contributed by atoms with Crippen LogP contribution in [-0.2, 0) is 43.2 Å². The fraction of sp³-hybridized carbons (Fsp3) is 0.581. The summed E-state index contributed by atoms with van der Waals surface area (Å²) in [5.41, 5.74) is 42.1. The van der Waals surface area contributed by atoms with E-state index in [9.17, 15) is 38.4 Å². The van der Waals surface area contributed by atoms with Crippen LogP contribution in [0.25, 0.3) is 0 Å². The van der Waals surface area contributed by atoms with E-state index in [2.05, 4.69) is 36.1 Å². The van der Waals surface area contributed by atoms with Crippen LogP contribution >= 0.6 is 0 Å².